The first-order chi connectivity index (χ1) is 8.17. The summed E-state index contributed by atoms with van der Waals surface area (Å²) in [5.41, 5.74) is 1.18. The minimum Gasteiger partial charge on any atom is -0.314 e. The third kappa shape index (κ3) is 5.17. The Labute approximate surface area is 112 Å². The quantitative estimate of drug-likeness (QED) is 0.792. The highest BCUT2D eigenvalue weighted by molar-refractivity contribution is 9.10. The Hall–Kier alpha value is -0.410. The summed E-state index contributed by atoms with van der Waals surface area (Å²) in [6.07, 6.45) is 4.44. The largest absolute Gasteiger partial charge is 0.314 e. The normalized spacial score (nSPS) is 12.7. The van der Waals surface area contributed by atoms with Gasteiger partial charge in [-0.15, -0.1) is 0 Å². The van der Waals surface area contributed by atoms with Crippen molar-refractivity contribution in [2.75, 3.05) is 6.54 Å². The predicted molar refractivity (Wildman–Crippen MR) is 74.8 cm³/mol. The molecule has 0 heterocycles. The van der Waals surface area contributed by atoms with Crippen LogP contribution in [-0.2, 0) is 6.42 Å². The molecule has 3 heteroatoms. The van der Waals surface area contributed by atoms with Crippen molar-refractivity contribution >= 4 is 15.9 Å². The molecule has 0 amide bonds. The molecule has 1 nitrogen and oxygen atoms in total. The number of hydrogen-bond donors (Lipinski definition) is 1. The second kappa shape index (κ2) is 7.83. The lowest BCUT2D eigenvalue weighted by Gasteiger charge is -2.18. The first kappa shape index (κ1) is 14.7. The molecule has 0 saturated heterocycles. The highest BCUT2D eigenvalue weighted by Crippen LogP contribution is 2.18. The SMILES string of the molecule is CCCNC(CCC)Cc1ccc(F)c(Br)c1. The molecule has 96 valence electrons. The summed E-state index contributed by atoms with van der Waals surface area (Å²) in [7, 11) is 0. The lowest BCUT2D eigenvalue weighted by Crippen LogP contribution is -2.31. The van der Waals surface area contributed by atoms with Crippen LogP contribution >= 0.6 is 15.9 Å². The standard InChI is InChI=1S/C14H21BrFN/c1-3-5-12(17-8-4-2)9-11-6-7-14(16)13(15)10-11/h6-7,10,12,17H,3-5,8-9H2,1-2H3. The van der Waals surface area contributed by atoms with Gasteiger partial charge in [0, 0.05) is 6.04 Å². The van der Waals surface area contributed by atoms with Crippen LogP contribution in [0.15, 0.2) is 22.7 Å². The van der Waals surface area contributed by atoms with Crippen molar-refractivity contribution in [3.8, 4) is 0 Å². The van der Waals surface area contributed by atoms with Gasteiger partial charge >= 0.3 is 0 Å². The first-order valence-corrected chi connectivity index (χ1v) is 7.14. The lowest BCUT2D eigenvalue weighted by atomic mass is 10.0. The minimum atomic E-state index is -0.192. The Morgan fingerprint density at radius 2 is 2.06 bits per heavy atom. The molecule has 0 spiro atoms. The molecule has 1 aromatic rings. The number of hydrogen-bond acceptors (Lipinski definition) is 1. The van der Waals surface area contributed by atoms with E-state index in [0.717, 1.165) is 25.8 Å². The van der Waals surface area contributed by atoms with Gasteiger partial charge in [-0.05, 0) is 59.4 Å². The van der Waals surface area contributed by atoms with Crippen LogP contribution in [0, 0.1) is 5.82 Å². The lowest BCUT2D eigenvalue weighted by molar-refractivity contribution is 0.472. The summed E-state index contributed by atoms with van der Waals surface area (Å²) >= 11 is 3.23. The van der Waals surface area contributed by atoms with Gasteiger partial charge in [0.2, 0.25) is 0 Å². The average Bonchev–Trinajstić information content (AvgIpc) is 2.31. The van der Waals surface area contributed by atoms with Crippen molar-refractivity contribution < 1.29 is 4.39 Å². The van der Waals surface area contributed by atoms with Crippen LogP contribution in [0.5, 0.6) is 0 Å². The van der Waals surface area contributed by atoms with E-state index in [1.54, 1.807) is 0 Å². The second-order valence-corrected chi connectivity index (χ2v) is 5.25. The van der Waals surface area contributed by atoms with Crippen molar-refractivity contribution in [1.82, 2.24) is 5.32 Å². The molecule has 0 aliphatic heterocycles. The van der Waals surface area contributed by atoms with Crippen molar-refractivity contribution in [2.45, 2.75) is 45.6 Å². The minimum absolute atomic E-state index is 0.192. The van der Waals surface area contributed by atoms with Crippen molar-refractivity contribution in [3.05, 3.63) is 34.1 Å². The molecule has 1 aromatic carbocycles. The van der Waals surface area contributed by atoms with E-state index in [1.165, 1.54) is 18.1 Å². The molecular weight excluding hydrogens is 281 g/mol. The van der Waals surface area contributed by atoms with E-state index in [9.17, 15) is 4.39 Å². The fourth-order valence-electron chi connectivity index (χ4n) is 1.92. The summed E-state index contributed by atoms with van der Waals surface area (Å²) in [6.45, 7) is 5.42. The van der Waals surface area contributed by atoms with Gasteiger partial charge in [0.25, 0.3) is 0 Å². The summed E-state index contributed by atoms with van der Waals surface area (Å²) in [6, 6.07) is 5.78. The van der Waals surface area contributed by atoms with Crippen LogP contribution in [0.3, 0.4) is 0 Å². The van der Waals surface area contributed by atoms with Crippen LogP contribution in [-0.4, -0.2) is 12.6 Å². The maximum Gasteiger partial charge on any atom is 0.137 e. The number of halogens is 2. The van der Waals surface area contributed by atoms with Crippen LogP contribution in [0.25, 0.3) is 0 Å². The van der Waals surface area contributed by atoms with Gasteiger partial charge in [0.05, 0.1) is 4.47 Å². The zero-order chi connectivity index (χ0) is 12.7. The first-order valence-electron chi connectivity index (χ1n) is 6.34. The Morgan fingerprint density at radius 3 is 2.65 bits per heavy atom. The van der Waals surface area contributed by atoms with Crippen LogP contribution < -0.4 is 5.32 Å². The van der Waals surface area contributed by atoms with Crippen LogP contribution in [0.4, 0.5) is 4.39 Å². The van der Waals surface area contributed by atoms with E-state index in [0.29, 0.717) is 10.5 Å². The number of benzene rings is 1. The van der Waals surface area contributed by atoms with Gasteiger partial charge in [0.1, 0.15) is 5.82 Å². The maximum absolute atomic E-state index is 13.1. The molecule has 0 aliphatic rings. The number of rotatable bonds is 7. The average molecular weight is 302 g/mol. The Balaban J connectivity index is 2.61. The predicted octanol–water partition coefficient (Wildman–Crippen LogP) is 4.30. The summed E-state index contributed by atoms with van der Waals surface area (Å²) in [4.78, 5) is 0. The smallest absolute Gasteiger partial charge is 0.137 e. The zero-order valence-electron chi connectivity index (χ0n) is 10.6. The monoisotopic (exact) mass is 301 g/mol. The highest BCUT2D eigenvalue weighted by Gasteiger charge is 2.09. The van der Waals surface area contributed by atoms with Gasteiger partial charge < -0.3 is 5.32 Å². The zero-order valence-corrected chi connectivity index (χ0v) is 12.2. The van der Waals surface area contributed by atoms with Crippen molar-refractivity contribution in [3.63, 3.8) is 0 Å². The molecular formula is C14H21BrFN. The van der Waals surface area contributed by atoms with Crippen LogP contribution in [0.1, 0.15) is 38.7 Å². The molecule has 0 saturated carbocycles. The molecule has 0 radical (unpaired) electrons. The molecule has 0 bridgehead atoms. The summed E-state index contributed by atoms with van der Waals surface area (Å²) in [5.74, 6) is -0.192. The summed E-state index contributed by atoms with van der Waals surface area (Å²) < 4.78 is 13.7. The second-order valence-electron chi connectivity index (χ2n) is 4.39. The maximum atomic E-state index is 13.1. The highest BCUT2D eigenvalue weighted by atomic mass is 79.9. The topological polar surface area (TPSA) is 12.0 Å². The molecule has 0 aromatic heterocycles. The van der Waals surface area contributed by atoms with E-state index >= 15 is 0 Å². The van der Waals surface area contributed by atoms with E-state index in [2.05, 4.69) is 35.1 Å². The Kier molecular flexibility index (Phi) is 6.75. The van der Waals surface area contributed by atoms with Crippen molar-refractivity contribution in [2.24, 2.45) is 0 Å². The van der Waals surface area contributed by atoms with E-state index in [4.69, 9.17) is 0 Å². The molecule has 1 atom stereocenters. The fourth-order valence-corrected chi connectivity index (χ4v) is 2.35. The van der Waals surface area contributed by atoms with Gasteiger partial charge in [0.15, 0.2) is 0 Å². The molecule has 1 unspecified atom stereocenters. The van der Waals surface area contributed by atoms with Crippen molar-refractivity contribution in [1.29, 1.82) is 0 Å². The molecule has 0 fully saturated rings. The van der Waals surface area contributed by atoms with E-state index in [1.807, 2.05) is 12.1 Å². The summed E-state index contributed by atoms with van der Waals surface area (Å²) in [5, 5.41) is 3.54. The Morgan fingerprint density at radius 1 is 1.29 bits per heavy atom. The molecule has 17 heavy (non-hydrogen) atoms. The van der Waals surface area contributed by atoms with Gasteiger partial charge in [-0.25, -0.2) is 4.39 Å². The third-order valence-electron chi connectivity index (χ3n) is 2.79. The van der Waals surface area contributed by atoms with E-state index in [-0.39, 0.29) is 5.82 Å². The fraction of sp³-hybridized carbons (Fsp3) is 0.571. The molecule has 1 N–H and O–H groups in total. The Bertz CT molecular complexity index is 341. The molecule has 0 aliphatic carbocycles. The van der Waals surface area contributed by atoms with Gasteiger partial charge in [-0.2, -0.15) is 0 Å². The third-order valence-corrected chi connectivity index (χ3v) is 3.39. The van der Waals surface area contributed by atoms with Gasteiger partial charge in [-0.1, -0.05) is 26.3 Å². The number of nitrogens with one attached hydrogen (secondary N) is 1. The van der Waals surface area contributed by atoms with E-state index < -0.39 is 0 Å². The molecule has 1 rings (SSSR count). The van der Waals surface area contributed by atoms with Crippen LogP contribution in [0.2, 0.25) is 0 Å². The van der Waals surface area contributed by atoms with Gasteiger partial charge in [-0.3, -0.25) is 0 Å².